The van der Waals surface area contributed by atoms with E-state index in [4.69, 9.17) is 18.9 Å². The minimum atomic E-state index is -0.628. The molecule has 0 bridgehead atoms. The summed E-state index contributed by atoms with van der Waals surface area (Å²) in [4.78, 5) is 69.4. The monoisotopic (exact) mass is 814 g/mol. The van der Waals surface area contributed by atoms with Crippen LogP contribution in [-0.2, 0) is 9.47 Å². The molecule has 0 fully saturated rings. The van der Waals surface area contributed by atoms with E-state index >= 15 is 0 Å². The van der Waals surface area contributed by atoms with Crippen LogP contribution in [0.15, 0.2) is 97.1 Å². The molecule has 0 aliphatic rings. The van der Waals surface area contributed by atoms with Crippen molar-refractivity contribution in [3.63, 3.8) is 0 Å². The van der Waals surface area contributed by atoms with E-state index in [0.717, 1.165) is 10.8 Å². The van der Waals surface area contributed by atoms with E-state index in [1.54, 1.807) is 102 Å². The van der Waals surface area contributed by atoms with Crippen LogP contribution in [0.1, 0.15) is 62.5 Å². The van der Waals surface area contributed by atoms with E-state index in [1.807, 2.05) is 36.4 Å². The SMILES string of the molecule is CC(C)(C)OC(=O)NCCOc1cc(NC(=O)c2cccc(-c3cccc(C(=O)Nc4cc(OCCNC(=O)OC(C)(C)C)c5ccccc5n4)n3)n2)nc2ccccc12. The molecule has 0 radical (unpaired) electrons. The van der Waals surface area contributed by atoms with Crippen LogP contribution in [0.3, 0.4) is 0 Å². The highest BCUT2D eigenvalue weighted by Gasteiger charge is 2.19. The summed E-state index contributed by atoms with van der Waals surface area (Å²) in [6.07, 6.45) is -1.11. The van der Waals surface area contributed by atoms with Crippen molar-refractivity contribution in [1.82, 2.24) is 30.6 Å². The van der Waals surface area contributed by atoms with Gasteiger partial charge in [-0.05, 0) is 90.1 Å². The summed E-state index contributed by atoms with van der Waals surface area (Å²) in [5, 5.41) is 12.4. The quantitative estimate of drug-likeness (QED) is 0.0835. The molecule has 0 saturated carbocycles. The Bertz CT molecular complexity index is 2360. The first kappa shape index (κ1) is 42.3. The third-order valence-electron chi connectivity index (χ3n) is 8.12. The minimum absolute atomic E-state index is 0.0809. The second kappa shape index (κ2) is 18.5. The van der Waals surface area contributed by atoms with Crippen molar-refractivity contribution in [2.45, 2.75) is 52.7 Å². The third-order valence-corrected chi connectivity index (χ3v) is 8.12. The number of para-hydroxylation sites is 2. The Morgan fingerprint density at radius 3 is 1.32 bits per heavy atom. The van der Waals surface area contributed by atoms with Gasteiger partial charge in [0.05, 0.1) is 35.5 Å². The fourth-order valence-electron chi connectivity index (χ4n) is 5.68. The number of fused-ring (bicyclic) bond motifs is 2. The number of anilines is 2. The number of nitrogens with zero attached hydrogens (tertiary/aromatic N) is 4. The first-order chi connectivity index (χ1) is 28.6. The van der Waals surface area contributed by atoms with Crippen LogP contribution < -0.4 is 30.7 Å². The molecule has 6 aromatic rings. The van der Waals surface area contributed by atoms with Gasteiger partial charge in [0.15, 0.2) is 0 Å². The van der Waals surface area contributed by atoms with E-state index < -0.39 is 35.2 Å². The molecule has 0 saturated heterocycles. The molecule has 4 amide bonds. The van der Waals surface area contributed by atoms with Gasteiger partial charge >= 0.3 is 12.2 Å². The van der Waals surface area contributed by atoms with Crippen LogP contribution in [0, 0.1) is 0 Å². The van der Waals surface area contributed by atoms with E-state index in [9.17, 15) is 19.2 Å². The van der Waals surface area contributed by atoms with Gasteiger partial charge in [-0.15, -0.1) is 0 Å². The number of carbonyl (C=O) groups excluding carboxylic acids is 4. The Hall–Kier alpha value is -7.36. The maximum absolute atomic E-state index is 13.5. The Morgan fingerprint density at radius 1 is 0.517 bits per heavy atom. The molecule has 0 atom stereocenters. The number of alkyl carbamates (subject to hydrolysis) is 2. The Balaban J connectivity index is 1.12. The zero-order valence-corrected chi connectivity index (χ0v) is 34.1. The molecular weight excluding hydrogens is 769 g/mol. The summed E-state index contributed by atoms with van der Waals surface area (Å²) >= 11 is 0. The van der Waals surface area contributed by atoms with Crippen LogP contribution in [0.4, 0.5) is 21.2 Å². The number of benzene rings is 2. The molecule has 310 valence electrons. The highest BCUT2D eigenvalue weighted by atomic mass is 16.6. The number of hydrogen-bond acceptors (Lipinski definition) is 12. The molecule has 0 aliphatic carbocycles. The lowest BCUT2D eigenvalue weighted by molar-refractivity contribution is 0.0509. The van der Waals surface area contributed by atoms with Crippen molar-refractivity contribution in [3.8, 4) is 22.9 Å². The fraction of sp³-hybridized carbons (Fsp3) is 0.273. The van der Waals surface area contributed by atoms with Gasteiger partial charge in [-0.1, -0.05) is 36.4 Å². The lowest BCUT2D eigenvalue weighted by Gasteiger charge is -2.19. The zero-order valence-electron chi connectivity index (χ0n) is 34.1. The summed E-state index contributed by atoms with van der Waals surface area (Å²) in [6, 6.07) is 27.6. The highest BCUT2D eigenvalue weighted by molar-refractivity contribution is 6.04. The van der Waals surface area contributed by atoms with Gasteiger partial charge in [0, 0.05) is 22.9 Å². The molecule has 6 rings (SSSR count). The molecule has 16 nitrogen and oxygen atoms in total. The van der Waals surface area contributed by atoms with Crippen LogP contribution in [0.5, 0.6) is 11.5 Å². The number of aromatic nitrogens is 4. The molecule has 4 aromatic heterocycles. The van der Waals surface area contributed by atoms with Crippen molar-refractivity contribution in [3.05, 3.63) is 108 Å². The zero-order chi connectivity index (χ0) is 42.9. The maximum Gasteiger partial charge on any atom is 0.407 e. The number of carbonyl (C=O) groups is 4. The summed E-state index contributed by atoms with van der Waals surface area (Å²) < 4.78 is 22.5. The van der Waals surface area contributed by atoms with Crippen LogP contribution in [0.25, 0.3) is 33.2 Å². The Morgan fingerprint density at radius 2 is 0.917 bits per heavy atom. The number of ether oxygens (including phenoxy) is 4. The van der Waals surface area contributed by atoms with Crippen LogP contribution in [-0.4, -0.2) is 81.4 Å². The highest BCUT2D eigenvalue weighted by Crippen LogP contribution is 2.29. The fourth-order valence-corrected chi connectivity index (χ4v) is 5.68. The number of rotatable bonds is 13. The largest absolute Gasteiger partial charge is 0.491 e. The van der Waals surface area contributed by atoms with E-state index in [-0.39, 0.29) is 49.3 Å². The molecule has 60 heavy (non-hydrogen) atoms. The number of pyridine rings is 4. The second-order valence-electron chi connectivity index (χ2n) is 15.3. The third kappa shape index (κ3) is 11.8. The standard InChI is InChI=1S/C44H46N8O8/c1-43(2,3)59-41(55)45-21-23-57-35-25-37(49-29-15-9-7-13-27(29)35)51-39(53)33-19-11-17-31(47-33)32-18-12-20-34(48-32)40(54)52-38-26-36(28-14-8-10-16-30(28)50-38)58-24-22-46-42(56)60-44(4,5)6/h7-20,25-26H,21-24H2,1-6H3,(H,45,55)(H,46,56)(H,49,51,53)(H,50,52,54). The van der Waals surface area contributed by atoms with Crippen LogP contribution >= 0.6 is 0 Å². The normalized spacial score (nSPS) is 11.4. The number of amides is 4. The minimum Gasteiger partial charge on any atom is -0.491 e. The predicted octanol–water partition coefficient (Wildman–Crippen LogP) is 7.55. The second-order valence-corrected chi connectivity index (χ2v) is 15.3. The van der Waals surface area contributed by atoms with Crippen molar-refractivity contribution in [2.24, 2.45) is 0 Å². The van der Waals surface area contributed by atoms with E-state index in [2.05, 4.69) is 41.2 Å². The van der Waals surface area contributed by atoms with Gasteiger partial charge in [0.1, 0.15) is 58.9 Å². The molecule has 4 N–H and O–H groups in total. The summed E-state index contributed by atoms with van der Waals surface area (Å²) in [5.41, 5.74) is 0.779. The molecular formula is C44H46N8O8. The Kier molecular flexibility index (Phi) is 13.0. The van der Waals surface area contributed by atoms with Crippen molar-refractivity contribution in [2.75, 3.05) is 36.9 Å². The summed E-state index contributed by atoms with van der Waals surface area (Å²) in [6.45, 7) is 11.3. The molecule has 16 heteroatoms. The van der Waals surface area contributed by atoms with Crippen molar-refractivity contribution >= 4 is 57.4 Å². The van der Waals surface area contributed by atoms with Crippen molar-refractivity contribution < 1.29 is 38.1 Å². The molecule has 0 spiro atoms. The first-order valence-corrected chi connectivity index (χ1v) is 19.2. The molecule has 2 aromatic carbocycles. The van der Waals surface area contributed by atoms with Gasteiger partial charge in [0.25, 0.3) is 11.8 Å². The summed E-state index contributed by atoms with van der Waals surface area (Å²) in [7, 11) is 0. The number of nitrogens with one attached hydrogen (secondary N) is 4. The Labute approximate surface area is 346 Å². The predicted molar refractivity (Wildman–Crippen MR) is 226 cm³/mol. The van der Waals surface area contributed by atoms with E-state index in [1.165, 1.54) is 0 Å². The van der Waals surface area contributed by atoms with E-state index in [0.29, 0.717) is 33.9 Å². The van der Waals surface area contributed by atoms with Gasteiger partial charge in [-0.3, -0.25) is 9.59 Å². The summed E-state index contributed by atoms with van der Waals surface area (Å²) in [5.74, 6) is 0.299. The topological polar surface area (TPSA) is 205 Å². The molecule has 0 aliphatic heterocycles. The number of hydrogen-bond donors (Lipinski definition) is 4. The van der Waals surface area contributed by atoms with Gasteiger partial charge < -0.3 is 40.2 Å². The van der Waals surface area contributed by atoms with Gasteiger partial charge in [-0.2, -0.15) is 0 Å². The molecule has 0 unspecified atom stereocenters. The average Bonchev–Trinajstić information content (AvgIpc) is 3.19. The molecule has 4 heterocycles. The van der Waals surface area contributed by atoms with Crippen molar-refractivity contribution in [1.29, 1.82) is 0 Å². The lowest BCUT2D eigenvalue weighted by Crippen LogP contribution is -2.34. The first-order valence-electron chi connectivity index (χ1n) is 19.2. The van der Waals surface area contributed by atoms with Gasteiger partial charge in [-0.25, -0.2) is 29.5 Å². The van der Waals surface area contributed by atoms with Gasteiger partial charge in [0.2, 0.25) is 0 Å². The lowest BCUT2D eigenvalue weighted by atomic mass is 10.2. The average molecular weight is 815 g/mol. The van der Waals surface area contributed by atoms with Crippen LogP contribution in [0.2, 0.25) is 0 Å². The smallest absolute Gasteiger partial charge is 0.407 e. The maximum atomic E-state index is 13.5.